The smallest absolute Gasteiger partial charge is 0.233 e. The van der Waals surface area contributed by atoms with Gasteiger partial charge in [-0.3, -0.25) is 4.79 Å². The van der Waals surface area contributed by atoms with E-state index >= 15 is 0 Å². The minimum absolute atomic E-state index is 0.0971. The summed E-state index contributed by atoms with van der Waals surface area (Å²) in [5, 5.41) is 1.53. The van der Waals surface area contributed by atoms with Gasteiger partial charge in [-0.15, -0.1) is 11.3 Å². The highest BCUT2D eigenvalue weighted by Gasteiger charge is 2.33. The molecule has 1 amide bonds. The molecule has 1 aliphatic rings. The van der Waals surface area contributed by atoms with Crippen LogP contribution in [0.5, 0.6) is 0 Å². The van der Waals surface area contributed by atoms with Crippen LogP contribution < -0.4 is 5.73 Å². The first kappa shape index (κ1) is 19.4. The molecule has 3 heterocycles. The second-order valence-electron chi connectivity index (χ2n) is 6.70. The fourth-order valence-corrected chi connectivity index (χ4v) is 5.09. The van der Waals surface area contributed by atoms with E-state index < -0.39 is 0 Å². The Balaban J connectivity index is 1.85. The molecular formula is C18H26N4O2S2. The number of thiophene rings is 1. The topological polar surface area (TPSA) is 81.3 Å². The molecule has 0 aliphatic carbocycles. The molecule has 0 saturated heterocycles. The van der Waals surface area contributed by atoms with E-state index in [4.69, 9.17) is 10.5 Å². The number of hydrogen-bond donors (Lipinski definition) is 1. The van der Waals surface area contributed by atoms with E-state index in [1.54, 1.807) is 11.3 Å². The zero-order chi connectivity index (χ0) is 18.9. The van der Waals surface area contributed by atoms with Gasteiger partial charge in [0.05, 0.1) is 23.3 Å². The van der Waals surface area contributed by atoms with Gasteiger partial charge in [-0.2, -0.15) is 0 Å². The molecule has 0 spiro atoms. The summed E-state index contributed by atoms with van der Waals surface area (Å²) < 4.78 is 6.04. The Morgan fingerprint density at radius 2 is 2.08 bits per heavy atom. The average Bonchev–Trinajstić information content (AvgIpc) is 2.98. The van der Waals surface area contributed by atoms with Crippen LogP contribution in [0.15, 0.2) is 5.16 Å². The third kappa shape index (κ3) is 3.68. The first-order chi connectivity index (χ1) is 12.4. The van der Waals surface area contributed by atoms with Gasteiger partial charge in [0.1, 0.15) is 10.6 Å². The molecule has 8 heteroatoms. The quantitative estimate of drug-likeness (QED) is 0.597. The van der Waals surface area contributed by atoms with Crippen molar-refractivity contribution in [3.05, 3.63) is 10.4 Å². The van der Waals surface area contributed by atoms with E-state index in [0.717, 1.165) is 23.1 Å². The van der Waals surface area contributed by atoms with Crippen molar-refractivity contribution in [2.45, 2.75) is 57.9 Å². The predicted molar refractivity (Wildman–Crippen MR) is 108 cm³/mol. The fraction of sp³-hybridized carbons (Fsp3) is 0.611. The fourth-order valence-electron chi connectivity index (χ4n) is 3.17. The molecule has 26 heavy (non-hydrogen) atoms. The molecule has 2 aromatic rings. The van der Waals surface area contributed by atoms with Crippen molar-refractivity contribution in [1.82, 2.24) is 14.9 Å². The molecule has 1 aliphatic heterocycles. The number of nitrogen functional groups attached to an aromatic ring is 1. The standard InChI is InChI=1S/C18H26N4O2S2/c1-5-18(4)8-11-12(9-24-18)26-16-14(11)15(19)20-17(21-16)25-10-13(23)22(6-2)7-3/h5-10H2,1-4H3,(H2,19,20,21). The van der Waals surface area contributed by atoms with Crippen molar-refractivity contribution in [3.8, 4) is 0 Å². The van der Waals surface area contributed by atoms with Gasteiger partial charge in [0.2, 0.25) is 5.91 Å². The second-order valence-corrected chi connectivity index (χ2v) is 8.73. The van der Waals surface area contributed by atoms with Crippen LogP contribution in [0.25, 0.3) is 10.2 Å². The summed E-state index contributed by atoms with van der Waals surface area (Å²) >= 11 is 2.97. The van der Waals surface area contributed by atoms with Crippen LogP contribution in [0.3, 0.4) is 0 Å². The van der Waals surface area contributed by atoms with Crippen molar-refractivity contribution in [2.24, 2.45) is 0 Å². The molecule has 0 fully saturated rings. The van der Waals surface area contributed by atoms with Crippen LogP contribution in [-0.4, -0.2) is 45.2 Å². The Morgan fingerprint density at radius 1 is 1.35 bits per heavy atom. The summed E-state index contributed by atoms with van der Waals surface area (Å²) in [4.78, 5) is 25.2. The lowest BCUT2D eigenvalue weighted by Gasteiger charge is -2.33. The number of fused-ring (bicyclic) bond motifs is 3. The monoisotopic (exact) mass is 394 g/mol. The van der Waals surface area contributed by atoms with Gasteiger partial charge >= 0.3 is 0 Å². The highest BCUT2D eigenvalue weighted by Crippen LogP contribution is 2.41. The SMILES string of the molecule is CCN(CC)C(=O)CSc1nc(N)c2c3c(sc2n1)COC(C)(CC)C3. The molecular weight excluding hydrogens is 368 g/mol. The predicted octanol–water partition coefficient (Wildman–Crippen LogP) is 3.48. The minimum atomic E-state index is -0.156. The summed E-state index contributed by atoms with van der Waals surface area (Å²) in [6, 6.07) is 0. The number of carbonyl (C=O) groups is 1. The number of rotatable bonds is 6. The number of ether oxygens (including phenoxy) is 1. The number of anilines is 1. The maximum atomic E-state index is 12.2. The number of nitrogens with zero attached hydrogens (tertiary/aromatic N) is 3. The van der Waals surface area contributed by atoms with Gasteiger partial charge in [-0.05, 0) is 32.8 Å². The van der Waals surface area contributed by atoms with Crippen molar-refractivity contribution >= 4 is 45.0 Å². The molecule has 0 radical (unpaired) electrons. The number of thioether (sulfide) groups is 1. The summed E-state index contributed by atoms with van der Waals surface area (Å²) in [6.07, 6.45) is 1.78. The van der Waals surface area contributed by atoms with Gasteiger partial charge in [0, 0.05) is 24.4 Å². The zero-order valence-electron chi connectivity index (χ0n) is 15.8. The Morgan fingerprint density at radius 3 is 2.73 bits per heavy atom. The van der Waals surface area contributed by atoms with Gasteiger partial charge in [0.15, 0.2) is 5.16 Å². The molecule has 6 nitrogen and oxygen atoms in total. The van der Waals surface area contributed by atoms with Gasteiger partial charge < -0.3 is 15.4 Å². The Bertz CT molecular complexity index is 819. The van der Waals surface area contributed by atoms with E-state index in [9.17, 15) is 4.79 Å². The van der Waals surface area contributed by atoms with Crippen LogP contribution in [0.2, 0.25) is 0 Å². The van der Waals surface area contributed by atoms with Crippen molar-refractivity contribution in [2.75, 3.05) is 24.6 Å². The Hall–Kier alpha value is -1.38. The highest BCUT2D eigenvalue weighted by molar-refractivity contribution is 7.99. The minimum Gasteiger partial charge on any atom is -0.383 e. The molecule has 0 aromatic carbocycles. The largest absolute Gasteiger partial charge is 0.383 e. The van der Waals surface area contributed by atoms with Gasteiger partial charge in [-0.1, -0.05) is 18.7 Å². The molecule has 0 saturated carbocycles. The second kappa shape index (κ2) is 7.70. The first-order valence-electron chi connectivity index (χ1n) is 9.03. The number of carbonyl (C=O) groups excluding carboxylic acids is 1. The molecule has 1 unspecified atom stereocenters. The lowest BCUT2D eigenvalue weighted by molar-refractivity contribution is -0.127. The third-order valence-electron chi connectivity index (χ3n) is 5.03. The first-order valence-corrected chi connectivity index (χ1v) is 10.8. The van der Waals surface area contributed by atoms with Crippen LogP contribution in [0, 0.1) is 0 Å². The summed E-state index contributed by atoms with van der Waals surface area (Å²) in [5.74, 6) is 0.930. The number of hydrogen-bond acceptors (Lipinski definition) is 7. The summed E-state index contributed by atoms with van der Waals surface area (Å²) in [5.41, 5.74) is 7.35. The van der Waals surface area contributed by atoms with Crippen LogP contribution >= 0.6 is 23.1 Å². The molecule has 2 aromatic heterocycles. The van der Waals surface area contributed by atoms with E-state index in [0.29, 0.717) is 36.4 Å². The van der Waals surface area contributed by atoms with E-state index in [-0.39, 0.29) is 11.5 Å². The number of aromatic nitrogens is 2. The van der Waals surface area contributed by atoms with E-state index in [1.165, 1.54) is 22.2 Å². The lowest BCUT2D eigenvalue weighted by Crippen LogP contribution is -2.33. The number of amides is 1. The van der Waals surface area contributed by atoms with Gasteiger partial charge in [-0.25, -0.2) is 9.97 Å². The van der Waals surface area contributed by atoms with Crippen molar-refractivity contribution in [1.29, 1.82) is 0 Å². The van der Waals surface area contributed by atoms with Crippen LogP contribution in [-0.2, 0) is 22.6 Å². The molecule has 3 rings (SSSR count). The normalized spacial score (nSPS) is 19.5. The van der Waals surface area contributed by atoms with Crippen molar-refractivity contribution < 1.29 is 9.53 Å². The summed E-state index contributed by atoms with van der Waals surface area (Å²) in [6.45, 7) is 10.3. The average molecular weight is 395 g/mol. The third-order valence-corrected chi connectivity index (χ3v) is 6.96. The van der Waals surface area contributed by atoms with E-state index in [2.05, 4.69) is 23.8 Å². The molecule has 0 bridgehead atoms. The zero-order valence-corrected chi connectivity index (χ0v) is 17.4. The molecule has 142 valence electrons. The maximum Gasteiger partial charge on any atom is 0.233 e. The Labute approximate surface area is 162 Å². The molecule has 1 atom stereocenters. The van der Waals surface area contributed by atoms with E-state index in [1.807, 2.05) is 18.7 Å². The van der Waals surface area contributed by atoms with Gasteiger partial charge in [0.25, 0.3) is 0 Å². The highest BCUT2D eigenvalue weighted by atomic mass is 32.2. The van der Waals surface area contributed by atoms with Crippen LogP contribution in [0.4, 0.5) is 5.82 Å². The summed E-state index contributed by atoms with van der Waals surface area (Å²) in [7, 11) is 0. The maximum absolute atomic E-state index is 12.2. The lowest BCUT2D eigenvalue weighted by atomic mass is 9.90. The molecule has 2 N–H and O–H groups in total. The number of nitrogens with two attached hydrogens (primary N) is 1. The Kier molecular flexibility index (Phi) is 5.74. The van der Waals surface area contributed by atoms with Crippen LogP contribution in [0.1, 0.15) is 44.6 Å². The van der Waals surface area contributed by atoms with Crippen molar-refractivity contribution in [3.63, 3.8) is 0 Å².